The normalized spacial score (nSPS) is 19.3. The Morgan fingerprint density at radius 3 is 2.48 bits per heavy atom. The lowest BCUT2D eigenvalue weighted by Gasteiger charge is -2.22. The first-order valence-corrected chi connectivity index (χ1v) is 11.8. The van der Waals surface area contributed by atoms with Crippen LogP contribution in [-0.2, 0) is 22.7 Å². The molecule has 2 aromatic carbocycles. The van der Waals surface area contributed by atoms with Crippen LogP contribution in [0.5, 0.6) is 0 Å². The standard InChI is InChI=1S/C26H29FN4O2/c27-21-11-9-19(10-12-21)16-30-17-20(15-24(30)32)26-28-22-7-3-4-8-23(22)31(26)18-25(33)29-13-5-1-2-6-14-29/h3-4,7-12,20H,1-2,5-6,13-18H2/t20-/m1/s1. The second kappa shape index (κ2) is 9.33. The van der Waals surface area contributed by atoms with Gasteiger partial charge in [-0.25, -0.2) is 9.37 Å². The van der Waals surface area contributed by atoms with Crippen molar-refractivity contribution in [3.8, 4) is 0 Å². The van der Waals surface area contributed by atoms with E-state index in [0.717, 1.165) is 48.4 Å². The van der Waals surface area contributed by atoms with Gasteiger partial charge in [0.05, 0.1) is 11.0 Å². The van der Waals surface area contributed by atoms with Crippen LogP contribution in [0, 0.1) is 5.82 Å². The second-order valence-corrected chi connectivity index (χ2v) is 9.14. The van der Waals surface area contributed by atoms with Crippen molar-refractivity contribution in [2.24, 2.45) is 0 Å². The molecule has 2 saturated heterocycles. The Kier molecular flexibility index (Phi) is 6.11. The Hall–Kier alpha value is -3.22. The van der Waals surface area contributed by atoms with Crippen LogP contribution in [-0.4, -0.2) is 50.8 Å². The van der Waals surface area contributed by atoms with Crippen molar-refractivity contribution in [2.45, 2.75) is 51.1 Å². The minimum absolute atomic E-state index is 0.0572. The van der Waals surface area contributed by atoms with Crippen LogP contribution in [0.25, 0.3) is 11.0 Å². The number of nitrogens with zero attached hydrogens (tertiary/aromatic N) is 4. The number of likely N-dealkylation sites (tertiary alicyclic amines) is 2. The van der Waals surface area contributed by atoms with E-state index in [-0.39, 0.29) is 30.1 Å². The Morgan fingerprint density at radius 1 is 1.00 bits per heavy atom. The molecule has 0 N–H and O–H groups in total. The molecule has 0 bridgehead atoms. The van der Waals surface area contributed by atoms with Crippen LogP contribution in [0.3, 0.4) is 0 Å². The summed E-state index contributed by atoms with van der Waals surface area (Å²) in [6, 6.07) is 14.1. The van der Waals surface area contributed by atoms with Crippen molar-refractivity contribution >= 4 is 22.8 Å². The van der Waals surface area contributed by atoms with Gasteiger partial charge < -0.3 is 14.4 Å². The van der Waals surface area contributed by atoms with Gasteiger partial charge in [-0.1, -0.05) is 37.1 Å². The maximum Gasteiger partial charge on any atom is 0.242 e. The van der Waals surface area contributed by atoms with E-state index in [1.54, 1.807) is 17.0 Å². The van der Waals surface area contributed by atoms with E-state index in [9.17, 15) is 14.0 Å². The number of amides is 2. The maximum absolute atomic E-state index is 13.2. The number of carbonyl (C=O) groups excluding carboxylic acids is 2. The molecule has 0 saturated carbocycles. The molecule has 2 aliphatic rings. The molecule has 0 aliphatic carbocycles. The van der Waals surface area contributed by atoms with Gasteiger partial charge in [0.25, 0.3) is 0 Å². The molecule has 5 rings (SSSR count). The van der Waals surface area contributed by atoms with Gasteiger partial charge in [-0.2, -0.15) is 0 Å². The van der Waals surface area contributed by atoms with E-state index in [2.05, 4.69) is 0 Å². The Bertz CT molecular complexity index is 1150. The van der Waals surface area contributed by atoms with E-state index in [0.29, 0.717) is 19.5 Å². The summed E-state index contributed by atoms with van der Waals surface area (Å²) in [5, 5.41) is 0. The largest absolute Gasteiger partial charge is 0.341 e. The first kappa shape index (κ1) is 21.6. The fourth-order valence-electron chi connectivity index (χ4n) is 5.04. The number of aromatic nitrogens is 2. The van der Waals surface area contributed by atoms with E-state index >= 15 is 0 Å². The molecule has 0 unspecified atom stereocenters. The first-order valence-electron chi connectivity index (χ1n) is 11.8. The SMILES string of the molecule is O=C(Cn1c([C@@H]2CC(=O)N(Cc3ccc(F)cc3)C2)nc2ccccc21)N1CCCCCC1. The number of hydrogen-bond acceptors (Lipinski definition) is 3. The smallest absolute Gasteiger partial charge is 0.242 e. The van der Waals surface area contributed by atoms with E-state index in [1.807, 2.05) is 33.7 Å². The highest BCUT2D eigenvalue weighted by atomic mass is 19.1. The lowest BCUT2D eigenvalue weighted by Crippen LogP contribution is -2.35. The number of carbonyl (C=O) groups is 2. The van der Waals surface area contributed by atoms with Crippen LogP contribution < -0.4 is 0 Å². The summed E-state index contributed by atoms with van der Waals surface area (Å²) in [6.07, 6.45) is 4.83. The lowest BCUT2D eigenvalue weighted by molar-refractivity contribution is -0.131. The molecule has 3 aromatic rings. The Morgan fingerprint density at radius 2 is 1.73 bits per heavy atom. The molecule has 172 valence electrons. The molecule has 1 atom stereocenters. The summed E-state index contributed by atoms with van der Waals surface area (Å²) < 4.78 is 15.3. The monoisotopic (exact) mass is 448 g/mol. The lowest BCUT2D eigenvalue weighted by atomic mass is 10.1. The molecule has 0 radical (unpaired) electrons. The summed E-state index contributed by atoms with van der Waals surface area (Å²) in [7, 11) is 0. The van der Waals surface area contributed by atoms with Crippen molar-refractivity contribution in [3.05, 3.63) is 65.7 Å². The molecule has 33 heavy (non-hydrogen) atoms. The van der Waals surface area contributed by atoms with Crippen LogP contribution in [0.4, 0.5) is 4.39 Å². The zero-order valence-corrected chi connectivity index (χ0v) is 18.8. The quantitative estimate of drug-likeness (QED) is 0.591. The minimum Gasteiger partial charge on any atom is -0.341 e. The Labute approximate surface area is 193 Å². The number of halogens is 1. The molecule has 1 aromatic heterocycles. The number of rotatable bonds is 5. The predicted molar refractivity (Wildman–Crippen MR) is 124 cm³/mol. The van der Waals surface area contributed by atoms with Gasteiger partial charge in [-0.05, 0) is 42.7 Å². The molecule has 6 nitrogen and oxygen atoms in total. The third-order valence-corrected chi connectivity index (χ3v) is 6.80. The number of para-hydroxylation sites is 2. The van der Waals surface area contributed by atoms with Crippen molar-refractivity contribution in [2.75, 3.05) is 19.6 Å². The van der Waals surface area contributed by atoms with E-state index in [4.69, 9.17) is 4.98 Å². The fourth-order valence-corrected chi connectivity index (χ4v) is 5.04. The summed E-state index contributed by atoms with van der Waals surface area (Å²) in [4.78, 5) is 34.6. The topological polar surface area (TPSA) is 58.4 Å². The number of imidazole rings is 1. The van der Waals surface area contributed by atoms with Gasteiger partial charge in [0, 0.05) is 38.5 Å². The minimum atomic E-state index is -0.285. The average molecular weight is 449 g/mol. The van der Waals surface area contributed by atoms with Crippen LogP contribution >= 0.6 is 0 Å². The fraction of sp³-hybridized carbons (Fsp3) is 0.423. The zero-order valence-electron chi connectivity index (χ0n) is 18.8. The molecular weight excluding hydrogens is 419 g/mol. The van der Waals surface area contributed by atoms with E-state index < -0.39 is 0 Å². The van der Waals surface area contributed by atoms with Gasteiger partial charge in [0.1, 0.15) is 18.2 Å². The zero-order chi connectivity index (χ0) is 22.8. The van der Waals surface area contributed by atoms with E-state index in [1.165, 1.54) is 25.0 Å². The van der Waals surface area contributed by atoms with Gasteiger partial charge in [-0.15, -0.1) is 0 Å². The molecule has 2 amide bonds. The van der Waals surface area contributed by atoms with Crippen LogP contribution in [0.15, 0.2) is 48.5 Å². The maximum atomic E-state index is 13.2. The predicted octanol–water partition coefficient (Wildman–Crippen LogP) is 4.09. The second-order valence-electron chi connectivity index (χ2n) is 9.14. The first-order chi connectivity index (χ1) is 16.1. The highest BCUT2D eigenvalue weighted by Crippen LogP contribution is 2.31. The summed E-state index contributed by atoms with van der Waals surface area (Å²) >= 11 is 0. The van der Waals surface area contributed by atoms with Gasteiger partial charge in [0.15, 0.2) is 0 Å². The molecular formula is C26H29FN4O2. The summed E-state index contributed by atoms with van der Waals surface area (Å²) in [5.74, 6) is 0.611. The Balaban J connectivity index is 1.39. The summed E-state index contributed by atoms with van der Waals surface area (Å²) in [6.45, 7) is 2.86. The van der Waals surface area contributed by atoms with Gasteiger partial charge >= 0.3 is 0 Å². The molecule has 3 heterocycles. The molecule has 2 fully saturated rings. The molecule has 0 spiro atoms. The highest BCUT2D eigenvalue weighted by Gasteiger charge is 2.34. The van der Waals surface area contributed by atoms with Gasteiger partial charge in [-0.3, -0.25) is 9.59 Å². The van der Waals surface area contributed by atoms with Crippen molar-refractivity contribution in [1.82, 2.24) is 19.4 Å². The van der Waals surface area contributed by atoms with Crippen molar-refractivity contribution < 1.29 is 14.0 Å². The number of benzene rings is 2. The van der Waals surface area contributed by atoms with Gasteiger partial charge in [0.2, 0.25) is 11.8 Å². The van der Waals surface area contributed by atoms with Crippen molar-refractivity contribution in [3.63, 3.8) is 0 Å². The number of hydrogen-bond donors (Lipinski definition) is 0. The van der Waals surface area contributed by atoms with Crippen LogP contribution in [0.2, 0.25) is 0 Å². The average Bonchev–Trinajstić information content (AvgIpc) is 3.22. The number of fused-ring (bicyclic) bond motifs is 1. The van der Waals surface area contributed by atoms with Crippen LogP contribution in [0.1, 0.15) is 49.4 Å². The third kappa shape index (κ3) is 4.63. The molecule has 7 heteroatoms. The highest BCUT2D eigenvalue weighted by molar-refractivity contribution is 5.83. The van der Waals surface area contributed by atoms with Crippen molar-refractivity contribution in [1.29, 1.82) is 0 Å². The molecule has 2 aliphatic heterocycles. The third-order valence-electron chi connectivity index (χ3n) is 6.80. The summed E-state index contributed by atoms with van der Waals surface area (Å²) in [5.41, 5.74) is 2.68.